The lowest BCUT2D eigenvalue weighted by atomic mass is 10.0. The third kappa shape index (κ3) is 4.50. The van der Waals surface area contributed by atoms with Crippen molar-refractivity contribution in [3.8, 4) is 0 Å². The van der Waals surface area contributed by atoms with Gasteiger partial charge in [-0.2, -0.15) is 0 Å². The van der Waals surface area contributed by atoms with Crippen LogP contribution in [0.2, 0.25) is 5.02 Å². The molecule has 1 amide bonds. The molecule has 0 aromatic heterocycles. The first-order valence-corrected chi connectivity index (χ1v) is 6.28. The number of nitro groups is 1. The van der Waals surface area contributed by atoms with Crippen LogP contribution in [-0.2, 0) is 4.79 Å². The monoisotopic (exact) mass is 285 g/mol. The average molecular weight is 286 g/mol. The van der Waals surface area contributed by atoms with Crippen LogP contribution in [0.5, 0.6) is 0 Å². The maximum atomic E-state index is 11.9. The van der Waals surface area contributed by atoms with Crippen LogP contribution < -0.4 is 11.1 Å². The summed E-state index contributed by atoms with van der Waals surface area (Å²) >= 11 is 5.70. The Labute approximate surface area is 116 Å². The van der Waals surface area contributed by atoms with Crippen molar-refractivity contribution >= 4 is 28.9 Å². The van der Waals surface area contributed by atoms with Gasteiger partial charge in [0.2, 0.25) is 5.91 Å². The molecule has 7 heteroatoms. The zero-order chi connectivity index (χ0) is 14.4. The first-order valence-electron chi connectivity index (χ1n) is 5.90. The Morgan fingerprint density at radius 2 is 2.26 bits per heavy atom. The van der Waals surface area contributed by atoms with Crippen molar-refractivity contribution < 1.29 is 9.72 Å². The first-order chi connectivity index (χ1) is 8.95. The number of hydrogen-bond donors (Lipinski definition) is 2. The molecule has 1 unspecified atom stereocenters. The second-order valence-corrected chi connectivity index (χ2v) is 4.68. The van der Waals surface area contributed by atoms with Gasteiger partial charge in [0.15, 0.2) is 0 Å². The van der Waals surface area contributed by atoms with Crippen molar-refractivity contribution in [1.29, 1.82) is 0 Å². The Bertz CT molecular complexity index is 479. The van der Waals surface area contributed by atoms with Gasteiger partial charge in [0.05, 0.1) is 4.92 Å². The van der Waals surface area contributed by atoms with E-state index >= 15 is 0 Å². The van der Waals surface area contributed by atoms with E-state index in [1.54, 1.807) is 6.92 Å². The number of carbonyl (C=O) groups excluding carboxylic acids is 1. The van der Waals surface area contributed by atoms with Crippen LogP contribution >= 0.6 is 11.6 Å². The van der Waals surface area contributed by atoms with Crippen LogP contribution in [0, 0.1) is 16.0 Å². The van der Waals surface area contributed by atoms with E-state index in [4.69, 9.17) is 17.3 Å². The molecule has 0 bridgehead atoms. The van der Waals surface area contributed by atoms with Gasteiger partial charge in [-0.05, 0) is 31.5 Å². The van der Waals surface area contributed by atoms with Crippen LogP contribution in [0.15, 0.2) is 18.2 Å². The van der Waals surface area contributed by atoms with Gasteiger partial charge in [-0.15, -0.1) is 0 Å². The zero-order valence-corrected chi connectivity index (χ0v) is 11.3. The van der Waals surface area contributed by atoms with E-state index in [-0.39, 0.29) is 28.2 Å². The number of nitro benzene ring substituents is 1. The summed E-state index contributed by atoms with van der Waals surface area (Å²) in [7, 11) is 0. The summed E-state index contributed by atoms with van der Waals surface area (Å²) in [6.45, 7) is 2.27. The van der Waals surface area contributed by atoms with E-state index in [0.29, 0.717) is 13.0 Å². The summed E-state index contributed by atoms with van der Waals surface area (Å²) in [4.78, 5) is 22.2. The minimum Gasteiger partial charge on any atom is -0.330 e. The largest absolute Gasteiger partial charge is 0.330 e. The number of hydrogen-bond acceptors (Lipinski definition) is 4. The average Bonchev–Trinajstić information content (AvgIpc) is 2.37. The lowest BCUT2D eigenvalue weighted by molar-refractivity contribution is -0.383. The number of amides is 1. The summed E-state index contributed by atoms with van der Waals surface area (Å²) < 4.78 is 0. The van der Waals surface area contributed by atoms with E-state index in [1.807, 2.05) is 0 Å². The molecule has 0 saturated heterocycles. The number of benzene rings is 1. The van der Waals surface area contributed by atoms with Crippen LogP contribution in [-0.4, -0.2) is 17.4 Å². The third-order valence-electron chi connectivity index (χ3n) is 2.70. The van der Waals surface area contributed by atoms with Gasteiger partial charge in [0.25, 0.3) is 5.69 Å². The molecule has 104 valence electrons. The number of halogens is 1. The minimum absolute atomic E-state index is 0.152. The molecule has 1 aromatic carbocycles. The normalized spacial score (nSPS) is 11.9. The van der Waals surface area contributed by atoms with Crippen molar-refractivity contribution in [3.05, 3.63) is 33.3 Å². The highest BCUT2D eigenvalue weighted by atomic mass is 35.5. The predicted molar refractivity (Wildman–Crippen MR) is 74.2 cm³/mol. The summed E-state index contributed by atoms with van der Waals surface area (Å²) in [5, 5.41) is 13.7. The number of nitrogens with two attached hydrogens (primary N) is 1. The van der Waals surface area contributed by atoms with Crippen LogP contribution in [0.1, 0.15) is 19.8 Å². The van der Waals surface area contributed by atoms with Gasteiger partial charge in [0.1, 0.15) is 5.69 Å². The fraction of sp³-hybridized carbons (Fsp3) is 0.417. The second-order valence-electron chi connectivity index (χ2n) is 4.24. The van der Waals surface area contributed by atoms with E-state index in [9.17, 15) is 14.9 Å². The van der Waals surface area contributed by atoms with Gasteiger partial charge < -0.3 is 11.1 Å². The number of anilines is 1. The molecule has 0 spiro atoms. The Kier molecular flexibility index (Phi) is 5.72. The van der Waals surface area contributed by atoms with Crippen LogP contribution in [0.25, 0.3) is 0 Å². The summed E-state index contributed by atoms with van der Waals surface area (Å²) in [6, 6.07) is 4.13. The van der Waals surface area contributed by atoms with E-state index in [1.165, 1.54) is 18.2 Å². The van der Waals surface area contributed by atoms with Crippen LogP contribution in [0.4, 0.5) is 11.4 Å². The van der Waals surface area contributed by atoms with Crippen molar-refractivity contribution in [1.82, 2.24) is 0 Å². The maximum absolute atomic E-state index is 11.9. The smallest absolute Gasteiger partial charge is 0.294 e. The predicted octanol–water partition coefficient (Wildman–Crippen LogP) is 2.56. The molecule has 19 heavy (non-hydrogen) atoms. The molecule has 0 aliphatic heterocycles. The number of nitrogens with zero attached hydrogens (tertiary/aromatic N) is 1. The second kappa shape index (κ2) is 7.06. The van der Waals surface area contributed by atoms with Gasteiger partial charge in [-0.1, -0.05) is 18.5 Å². The molecule has 1 atom stereocenters. The molecular weight excluding hydrogens is 270 g/mol. The Morgan fingerprint density at radius 1 is 1.58 bits per heavy atom. The van der Waals surface area contributed by atoms with Crippen molar-refractivity contribution in [3.63, 3.8) is 0 Å². The van der Waals surface area contributed by atoms with Crippen molar-refractivity contribution in [2.75, 3.05) is 11.9 Å². The Morgan fingerprint density at radius 3 is 2.84 bits per heavy atom. The number of rotatable bonds is 6. The van der Waals surface area contributed by atoms with Gasteiger partial charge in [-0.25, -0.2) is 0 Å². The van der Waals surface area contributed by atoms with Gasteiger partial charge in [0, 0.05) is 17.0 Å². The SMILES string of the molecule is CC(CCCN)C(=O)Nc1ccc(Cl)cc1[N+](=O)[O-]. The van der Waals surface area contributed by atoms with Crippen molar-refractivity contribution in [2.24, 2.45) is 11.7 Å². The lowest BCUT2D eigenvalue weighted by Crippen LogP contribution is -2.21. The molecule has 0 saturated carbocycles. The molecular formula is C12H16ClN3O3. The van der Waals surface area contributed by atoms with E-state index < -0.39 is 4.92 Å². The molecule has 6 nitrogen and oxygen atoms in total. The van der Waals surface area contributed by atoms with E-state index in [0.717, 1.165) is 6.42 Å². The standard InChI is InChI=1S/C12H16ClN3O3/c1-8(3-2-6-14)12(17)15-10-5-4-9(13)7-11(10)16(18)19/h4-5,7-8H,2-3,6,14H2,1H3,(H,15,17). The molecule has 0 aliphatic carbocycles. The maximum Gasteiger partial charge on any atom is 0.294 e. The Balaban J connectivity index is 2.81. The molecule has 0 aliphatic rings. The molecule has 3 N–H and O–H groups in total. The fourth-order valence-electron chi connectivity index (χ4n) is 1.57. The van der Waals surface area contributed by atoms with Gasteiger partial charge in [-0.3, -0.25) is 14.9 Å². The summed E-state index contributed by atoms with van der Waals surface area (Å²) in [5.41, 5.74) is 5.31. The number of nitrogens with one attached hydrogen (secondary N) is 1. The third-order valence-corrected chi connectivity index (χ3v) is 2.94. The molecule has 0 fully saturated rings. The molecule has 0 heterocycles. The Hall–Kier alpha value is -1.66. The van der Waals surface area contributed by atoms with E-state index in [2.05, 4.69) is 5.32 Å². The van der Waals surface area contributed by atoms with Crippen molar-refractivity contribution in [2.45, 2.75) is 19.8 Å². The summed E-state index contributed by atoms with van der Waals surface area (Å²) in [6.07, 6.45) is 1.38. The summed E-state index contributed by atoms with van der Waals surface area (Å²) in [5.74, 6) is -0.516. The van der Waals surface area contributed by atoms with Gasteiger partial charge >= 0.3 is 0 Å². The highest BCUT2D eigenvalue weighted by Crippen LogP contribution is 2.28. The topological polar surface area (TPSA) is 98.3 Å². The lowest BCUT2D eigenvalue weighted by Gasteiger charge is -2.11. The quantitative estimate of drug-likeness (QED) is 0.620. The minimum atomic E-state index is -0.577. The number of carbonyl (C=O) groups is 1. The zero-order valence-electron chi connectivity index (χ0n) is 10.6. The first kappa shape index (κ1) is 15.4. The molecule has 1 rings (SSSR count). The molecule has 1 aromatic rings. The molecule has 0 radical (unpaired) electrons. The highest BCUT2D eigenvalue weighted by molar-refractivity contribution is 6.31. The highest BCUT2D eigenvalue weighted by Gasteiger charge is 2.19. The van der Waals surface area contributed by atoms with Crippen LogP contribution in [0.3, 0.4) is 0 Å². The fourth-order valence-corrected chi connectivity index (χ4v) is 1.74.